The van der Waals surface area contributed by atoms with Gasteiger partial charge in [0, 0.05) is 20.3 Å². The maximum Gasteiger partial charge on any atom is 0.269 e. The first-order valence-corrected chi connectivity index (χ1v) is 4.50. The van der Waals surface area contributed by atoms with Crippen molar-refractivity contribution in [2.45, 2.75) is 0 Å². The minimum absolute atomic E-state index is 0.119. The predicted octanol–water partition coefficient (Wildman–Crippen LogP) is 0.638. The highest BCUT2D eigenvalue weighted by molar-refractivity contribution is 5.97. The van der Waals surface area contributed by atoms with Crippen molar-refractivity contribution in [3.8, 4) is 5.88 Å². The highest BCUT2D eigenvalue weighted by Gasteiger charge is 2.11. The SMILES string of the molecule is CNC(=O)c1cc2c(ccn2C)c(O)n1. The lowest BCUT2D eigenvalue weighted by atomic mass is 10.2. The van der Waals surface area contributed by atoms with Crippen LogP contribution in [0.3, 0.4) is 0 Å². The Morgan fingerprint density at radius 1 is 1.60 bits per heavy atom. The molecule has 0 fully saturated rings. The number of rotatable bonds is 1. The second-order valence-electron chi connectivity index (χ2n) is 3.27. The lowest BCUT2D eigenvalue weighted by molar-refractivity contribution is 0.0957. The number of aromatic hydroxyl groups is 1. The largest absolute Gasteiger partial charge is 0.493 e. The van der Waals surface area contributed by atoms with Crippen LogP contribution in [0.15, 0.2) is 18.3 Å². The Morgan fingerprint density at radius 3 is 3.00 bits per heavy atom. The average Bonchev–Trinajstić information content (AvgIpc) is 2.60. The van der Waals surface area contributed by atoms with Crippen LogP contribution in [-0.2, 0) is 7.05 Å². The molecule has 0 spiro atoms. The maximum absolute atomic E-state index is 11.3. The van der Waals surface area contributed by atoms with Crippen LogP contribution < -0.4 is 5.32 Å². The summed E-state index contributed by atoms with van der Waals surface area (Å²) in [6, 6.07) is 3.40. The number of aryl methyl sites for hydroxylation is 1. The number of carbonyl (C=O) groups is 1. The van der Waals surface area contributed by atoms with Crippen LogP contribution in [0.5, 0.6) is 5.88 Å². The Hall–Kier alpha value is -2.04. The predicted molar refractivity (Wildman–Crippen MR) is 55.8 cm³/mol. The van der Waals surface area contributed by atoms with Gasteiger partial charge >= 0.3 is 0 Å². The number of aromatic nitrogens is 2. The summed E-state index contributed by atoms with van der Waals surface area (Å²) in [5.74, 6) is -0.430. The summed E-state index contributed by atoms with van der Waals surface area (Å²) >= 11 is 0. The van der Waals surface area contributed by atoms with E-state index >= 15 is 0 Å². The van der Waals surface area contributed by atoms with Gasteiger partial charge in [-0.05, 0) is 12.1 Å². The van der Waals surface area contributed by atoms with E-state index in [1.165, 1.54) is 7.05 Å². The van der Waals surface area contributed by atoms with E-state index < -0.39 is 0 Å². The van der Waals surface area contributed by atoms with Gasteiger partial charge in [-0.15, -0.1) is 0 Å². The van der Waals surface area contributed by atoms with Crippen LogP contribution in [0.1, 0.15) is 10.5 Å². The fourth-order valence-electron chi connectivity index (χ4n) is 1.49. The van der Waals surface area contributed by atoms with Gasteiger partial charge in [-0.25, -0.2) is 4.98 Å². The summed E-state index contributed by atoms with van der Waals surface area (Å²) in [5.41, 5.74) is 0.991. The normalized spacial score (nSPS) is 10.5. The van der Waals surface area contributed by atoms with Gasteiger partial charge in [-0.3, -0.25) is 4.79 Å². The van der Waals surface area contributed by atoms with Crippen molar-refractivity contribution < 1.29 is 9.90 Å². The second-order valence-corrected chi connectivity index (χ2v) is 3.27. The summed E-state index contributed by atoms with van der Waals surface area (Å²) in [6.45, 7) is 0. The Morgan fingerprint density at radius 2 is 2.33 bits per heavy atom. The molecule has 1 amide bonds. The molecule has 0 radical (unpaired) electrons. The first-order chi connectivity index (χ1) is 7.13. The molecule has 0 bridgehead atoms. The van der Waals surface area contributed by atoms with Crippen molar-refractivity contribution in [1.29, 1.82) is 0 Å². The Bertz CT molecular complexity index is 531. The molecule has 5 heteroatoms. The Labute approximate surface area is 86.4 Å². The van der Waals surface area contributed by atoms with Crippen molar-refractivity contribution in [3.63, 3.8) is 0 Å². The van der Waals surface area contributed by atoms with Crippen LogP contribution in [-0.4, -0.2) is 27.6 Å². The van der Waals surface area contributed by atoms with Crippen molar-refractivity contribution >= 4 is 16.8 Å². The number of nitrogens with one attached hydrogen (secondary N) is 1. The van der Waals surface area contributed by atoms with Gasteiger partial charge in [0.2, 0.25) is 5.88 Å². The second kappa shape index (κ2) is 3.27. The van der Waals surface area contributed by atoms with Crippen LogP contribution in [0.25, 0.3) is 10.9 Å². The van der Waals surface area contributed by atoms with Gasteiger partial charge in [-0.2, -0.15) is 0 Å². The van der Waals surface area contributed by atoms with Gasteiger partial charge in [0.05, 0.1) is 10.9 Å². The van der Waals surface area contributed by atoms with Crippen molar-refractivity contribution in [2.75, 3.05) is 7.05 Å². The van der Waals surface area contributed by atoms with Crippen LogP contribution >= 0.6 is 0 Å². The molecule has 2 heterocycles. The molecule has 2 aromatic rings. The molecule has 2 aromatic heterocycles. The number of carbonyl (C=O) groups excluding carboxylic acids is 1. The molecular weight excluding hydrogens is 194 g/mol. The van der Waals surface area contributed by atoms with Gasteiger partial charge in [0.1, 0.15) is 5.69 Å². The van der Waals surface area contributed by atoms with E-state index in [1.807, 2.05) is 11.6 Å². The third-order valence-electron chi connectivity index (χ3n) is 2.32. The van der Waals surface area contributed by atoms with Gasteiger partial charge in [-0.1, -0.05) is 0 Å². The van der Waals surface area contributed by atoms with Crippen LogP contribution in [0, 0.1) is 0 Å². The van der Waals surface area contributed by atoms with Crippen molar-refractivity contribution in [3.05, 3.63) is 24.0 Å². The third-order valence-corrected chi connectivity index (χ3v) is 2.32. The molecule has 0 aliphatic carbocycles. The molecule has 2 N–H and O–H groups in total. The minimum atomic E-state index is -0.312. The fourth-order valence-corrected chi connectivity index (χ4v) is 1.49. The van der Waals surface area contributed by atoms with E-state index in [-0.39, 0.29) is 17.5 Å². The average molecular weight is 205 g/mol. The zero-order chi connectivity index (χ0) is 11.0. The first kappa shape index (κ1) is 9.51. The first-order valence-electron chi connectivity index (χ1n) is 4.50. The monoisotopic (exact) mass is 205 g/mol. The summed E-state index contributed by atoms with van der Waals surface area (Å²) < 4.78 is 1.82. The zero-order valence-corrected chi connectivity index (χ0v) is 8.48. The highest BCUT2D eigenvalue weighted by Crippen LogP contribution is 2.23. The van der Waals surface area contributed by atoms with E-state index in [2.05, 4.69) is 10.3 Å². The molecule has 0 saturated heterocycles. The molecule has 15 heavy (non-hydrogen) atoms. The topological polar surface area (TPSA) is 67.2 Å². The number of nitrogens with zero attached hydrogens (tertiary/aromatic N) is 2. The Kier molecular flexibility index (Phi) is 2.07. The van der Waals surface area contributed by atoms with E-state index in [9.17, 15) is 9.90 Å². The van der Waals surface area contributed by atoms with Crippen LogP contribution in [0.2, 0.25) is 0 Å². The molecule has 0 aromatic carbocycles. The summed E-state index contributed by atoms with van der Waals surface area (Å²) in [5, 5.41) is 12.7. The molecule has 5 nitrogen and oxygen atoms in total. The highest BCUT2D eigenvalue weighted by atomic mass is 16.3. The quantitative estimate of drug-likeness (QED) is 0.717. The maximum atomic E-state index is 11.3. The molecular formula is C10H11N3O2. The number of pyridine rings is 1. The van der Waals surface area contributed by atoms with E-state index in [0.29, 0.717) is 5.39 Å². The van der Waals surface area contributed by atoms with Gasteiger partial charge in [0.25, 0.3) is 5.91 Å². The summed E-state index contributed by atoms with van der Waals surface area (Å²) in [4.78, 5) is 15.2. The molecule has 0 aliphatic heterocycles. The van der Waals surface area contributed by atoms with E-state index in [4.69, 9.17) is 0 Å². The summed E-state index contributed by atoms with van der Waals surface area (Å²) in [7, 11) is 3.37. The molecule has 0 atom stereocenters. The third kappa shape index (κ3) is 1.41. The van der Waals surface area contributed by atoms with Crippen molar-refractivity contribution in [2.24, 2.45) is 7.05 Å². The molecule has 78 valence electrons. The summed E-state index contributed by atoms with van der Waals surface area (Å²) in [6.07, 6.45) is 1.81. The number of fused-ring (bicyclic) bond motifs is 1. The van der Waals surface area contributed by atoms with E-state index in [0.717, 1.165) is 5.52 Å². The zero-order valence-electron chi connectivity index (χ0n) is 8.48. The minimum Gasteiger partial charge on any atom is -0.493 e. The number of hydrogen-bond donors (Lipinski definition) is 2. The smallest absolute Gasteiger partial charge is 0.269 e. The fraction of sp³-hybridized carbons (Fsp3) is 0.200. The number of amides is 1. The van der Waals surface area contributed by atoms with Gasteiger partial charge < -0.3 is 15.0 Å². The Balaban J connectivity index is 2.70. The van der Waals surface area contributed by atoms with Crippen LogP contribution in [0.4, 0.5) is 0 Å². The molecule has 0 aliphatic rings. The number of hydrogen-bond acceptors (Lipinski definition) is 3. The molecule has 0 unspecified atom stereocenters. The molecule has 2 rings (SSSR count). The van der Waals surface area contributed by atoms with E-state index in [1.54, 1.807) is 18.3 Å². The van der Waals surface area contributed by atoms with Crippen molar-refractivity contribution in [1.82, 2.24) is 14.9 Å². The molecule has 0 saturated carbocycles. The lowest BCUT2D eigenvalue weighted by Gasteiger charge is -2.02. The lowest BCUT2D eigenvalue weighted by Crippen LogP contribution is -2.19. The van der Waals surface area contributed by atoms with Gasteiger partial charge in [0.15, 0.2) is 0 Å². The standard InChI is InChI=1S/C10H11N3O2/c1-11-10(15)7-5-8-6(9(14)12-7)3-4-13(8)2/h3-5H,1-2H3,(H,11,15)(H,12,14).